The van der Waals surface area contributed by atoms with Gasteiger partial charge in [-0.25, -0.2) is 4.39 Å². The Bertz CT molecular complexity index is 899. The van der Waals surface area contributed by atoms with Gasteiger partial charge in [0.25, 0.3) is 11.8 Å². The third kappa shape index (κ3) is 5.29. The second-order valence-corrected chi connectivity index (χ2v) is 7.59. The third-order valence-electron chi connectivity index (χ3n) is 5.45. The maximum Gasteiger partial charge on any atom is 0.262 e. The fourth-order valence-electron chi connectivity index (χ4n) is 4.11. The monoisotopic (exact) mass is 433 g/mol. The largest absolute Gasteiger partial charge is 0.483 e. The predicted molar refractivity (Wildman–Crippen MR) is 115 cm³/mol. The van der Waals surface area contributed by atoms with Gasteiger partial charge in [-0.3, -0.25) is 9.59 Å². The Hall–Kier alpha value is -2.64. The Morgan fingerprint density at radius 2 is 1.70 bits per heavy atom. The standard InChI is InChI=1S/C22H24FN3O3.ClH/c23-18-6-2-3-7-19(18)26-21(27)13-29-20-8-4-1-5-17(20)22(28)25-16-11-14-9-10-15(12-16)24-14;/h1-8,14-16,24H,9-13H2,(H,25,28)(H,26,27);1H. The number of hydrogen-bond donors (Lipinski definition) is 3. The fourth-order valence-corrected chi connectivity index (χ4v) is 4.11. The maximum atomic E-state index is 13.7. The number of nitrogens with one attached hydrogen (secondary N) is 3. The summed E-state index contributed by atoms with van der Waals surface area (Å²) in [5.74, 6) is -0.899. The molecule has 0 aliphatic carbocycles. The zero-order chi connectivity index (χ0) is 20.2. The molecule has 2 atom stereocenters. The van der Waals surface area contributed by atoms with Crippen LogP contribution in [-0.2, 0) is 4.79 Å². The van der Waals surface area contributed by atoms with Crippen molar-refractivity contribution in [1.82, 2.24) is 10.6 Å². The Morgan fingerprint density at radius 1 is 1.03 bits per heavy atom. The number of hydrogen-bond acceptors (Lipinski definition) is 4. The van der Waals surface area contributed by atoms with Crippen molar-refractivity contribution in [2.45, 2.75) is 43.8 Å². The third-order valence-corrected chi connectivity index (χ3v) is 5.45. The van der Waals surface area contributed by atoms with E-state index in [1.165, 1.54) is 12.1 Å². The van der Waals surface area contributed by atoms with Gasteiger partial charge in [-0.05, 0) is 49.9 Å². The molecule has 160 valence electrons. The highest BCUT2D eigenvalue weighted by molar-refractivity contribution is 5.97. The van der Waals surface area contributed by atoms with Crippen molar-refractivity contribution < 1.29 is 18.7 Å². The lowest BCUT2D eigenvalue weighted by Gasteiger charge is -2.29. The lowest BCUT2D eigenvalue weighted by Crippen LogP contribution is -2.48. The van der Waals surface area contributed by atoms with Gasteiger partial charge in [0.15, 0.2) is 6.61 Å². The summed E-state index contributed by atoms with van der Waals surface area (Å²) in [7, 11) is 0. The molecule has 2 aromatic carbocycles. The quantitative estimate of drug-likeness (QED) is 0.653. The van der Waals surface area contributed by atoms with Crippen LogP contribution in [0, 0.1) is 5.82 Å². The van der Waals surface area contributed by atoms with E-state index in [0.29, 0.717) is 23.4 Å². The van der Waals surface area contributed by atoms with Gasteiger partial charge < -0.3 is 20.7 Å². The van der Waals surface area contributed by atoms with Crippen LogP contribution in [0.4, 0.5) is 10.1 Å². The number of carbonyl (C=O) groups is 2. The molecule has 2 unspecified atom stereocenters. The molecule has 2 aromatic rings. The molecule has 2 saturated heterocycles. The molecule has 0 radical (unpaired) electrons. The van der Waals surface area contributed by atoms with E-state index in [0.717, 1.165) is 25.7 Å². The molecular formula is C22H25ClFN3O3. The van der Waals surface area contributed by atoms with Gasteiger partial charge in [0, 0.05) is 18.1 Å². The molecule has 0 saturated carbocycles. The van der Waals surface area contributed by atoms with Gasteiger partial charge in [0.2, 0.25) is 0 Å². The number of fused-ring (bicyclic) bond motifs is 2. The van der Waals surface area contributed by atoms with Crippen LogP contribution >= 0.6 is 12.4 Å². The van der Waals surface area contributed by atoms with Crippen LogP contribution in [-0.4, -0.2) is 36.5 Å². The minimum absolute atomic E-state index is 0. The summed E-state index contributed by atoms with van der Waals surface area (Å²) in [6.07, 6.45) is 4.17. The summed E-state index contributed by atoms with van der Waals surface area (Å²) in [6.45, 7) is -0.323. The molecule has 2 fully saturated rings. The van der Waals surface area contributed by atoms with Gasteiger partial charge in [0.1, 0.15) is 11.6 Å². The molecule has 2 heterocycles. The maximum absolute atomic E-state index is 13.7. The minimum atomic E-state index is -0.517. The van der Waals surface area contributed by atoms with E-state index in [-0.39, 0.29) is 36.7 Å². The van der Waals surface area contributed by atoms with E-state index in [4.69, 9.17) is 4.74 Å². The molecule has 30 heavy (non-hydrogen) atoms. The van der Waals surface area contributed by atoms with Crippen molar-refractivity contribution in [3.8, 4) is 5.75 Å². The molecule has 2 aliphatic heterocycles. The smallest absolute Gasteiger partial charge is 0.262 e. The summed E-state index contributed by atoms with van der Waals surface area (Å²) < 4.78 is 19.2. The van der Waals surface area contributed by atoms with Crippen molar-refractivity contribution in [2.75, 3.05) is 11.9 Å². The highest BCUT2D eigenvalue weighted by Gasteiger charge is 2.34. The predicted octanol–water partition coefficient (Wildman–Crippen LogP) is 3.28. The zero-order valence-electron chi connectivity index (χ0n) is 16.4. The first kappa shape index (κ1) is 22.1. The summed E-state index contributed by atoms with van der Waals surface area (Å²) in [5.41, 5.74) is 0.477. The first-order valence-corrected chi connectivity index (χ1v) is 9.91. The average Bonchev–Trinajstić information content (AvgIpc) is 3.06. The number of ether oxygens (including phenoxy) is 1. The number of para-hydroxylation sites is 2. The second-order valence-electron chi connectivity index (χ2n) is 7.59. The number of amides is 2. The van der Waals surface area contributed by atoms with Crippen LogP contribution in [0.15, 0.2) is 48.5 Å². The average molecular weight is 434 g/mol. The number of rotatable bonds is 6. The van der Waals surface area contributed by atoms with Crippen LogP contribution in [0.25, 0.3) is 0 Å². The summed E-state index contributed by atoms with van der Waals surface area (Å²) in [4.78, 5) is 24.9. The minimum Gasteiger partial charge on any atom is -0.483 e. The van der Waals surface area contributed by atoms with E-state index in [9.17, 15) is 14.0 Å². The Morgan fingerprint density at radius 3 is 2.43 bits per heavy atom. The summed E-state index contributed by atoms with van der Waals surface area (Å²) in [6, 6.07) is 13.8. The van der Waals surface area contributed by atoms with Gasteiger partial charge in [-0.2, -0.15) is 0 Å². The van der Waals surface area contributed by atoms with E-state index >= 15 is 0 Å². The topological polar surface area (TPSA) is 79.5 Å². The first-order valence-electron chi connectivity index (χ1n) is 9.91. The second kappa shape index (κ2) is 9.91. The van der Waals surface area contributed by atoms with E-state index in [1.807, 2.05) is 0 Å². The molecule has 8 heteroatoms. The van der Waals surface area contributed by atoms with Crippen LogP contribution in [0.2, 0.25) is 0 Å². The number of carbonyl (C=O) groups excluding carboxylic acids is 2. The zero-order valence-corrected chi connectivity index (χ0v) is 17.2. The lowest BCUT2D eigenvalue weighted by atomic mass is 9.99. The number of piperidine rings is 1. The highest BCUT2D eigenvalue weighted by Crippen LogP contribution is 2.27. The van der Waals surface area contributed by atoms with E-state index in [1.54, 1.807) is 36.4 Å². The van der Waals surface area contributed by atoms with Crippen LogP contribution in [0.1, 0.15) is 36.0 Å². The molecule has 0 spiro atoms. The van der Waals surface area contributed by atoms with Gasteiger partial charge >= 0.3 is 0 Å². The van der Waals surface area contributed by atoms with E-state index in [2.05, 4.69) is 16.0 Å². The fraction of sp³-hybridized carbons (Fsp3) is 0.364. The van der Waals surface area contributed by atoms with Gasteiger partial charge in [-0.15, -0.1) is 12.4 Å². The van der Waals surface area contributed by atoms with Crippen LogP contribution in [0.3, 0.4) is 0 Å². The molecule has 2 aliphatic rings. The van der Waals surface area contributed by atoms with Crippen LogP contribution in [0.5, 0.6) is 5.75 Å². The first-order chi connectivity index (χ1) is 14.1. The Kier molecular flexibility index (Phi) is 7.29. The van der Waals surface area contributed by atoms with Crippen molar-refractivity contribution in [2.24, 2.45) is 0 Å². The van der Waals surface area contributed by atoms with E-state index < -0.39 is 11.7 Å². The number of anilines is 1. The van der Waals surface area contributed by atoms with Gasteiger partial charge in [0.05, 0.1) is 11.3 Å². The Labute approximate surface area is 181 Å². The van der Waals surface area contributed by atoms with Crippen molar-refractivity contribution in [3.05, 3.63) is 59.9 Å². The van der Waals surface area contributed by atoms with Gasteiger partial charge in [-0.1, -0.05) is 24.3 Å². The Balaban J connectivity index is 0.00000256. The molecule has 2 bridgehead atoms. The molecule has 2 amide bonds. The number of halogens is 2. The van der Waals surface area contributed by atoms with Crippen molar-refractivity contribution in [1.29, 1.82) is 0 Å². The lowest BCUT2D eigenvalue weighted by molar-refractivity contribution is -0.118. The van der Waals surface area contributed by atoms with Crippen molar-refractivity contribution in [3.63, 3.8) is 0 Å². The molecular weight excluding hydrogens is 409 g/mol. The molecule has 3 N–H and O–H groups in total. The molecule has 0 aromatic heterocycles. The molecule has 4 rings (SSSR count). The number of benzene rings is 2. The summed E-state index contributed by atoms with van der Waals surface area (Å²) in [5, 5.41) is 9.12. The highest BCUT2D eigenvalue weighted by atomic mass is 35.5. The van der Waals surface area contributed by atoms with Crippen LogP contribution < -0.4 is 20.7 Å². The normalized spacial score (nSPS) is 22.0. The molecule has 6 nitrogen and oxygen atoms in total. The van der Waals surface area contributed by atoms with Crippen molar-refractivity contribution >= 4 is 29.9 Å². The summed E-state index contributed by atoms with van der Waals surface area (Å²) >= 11 is 0. The SMILES string of the molecule is Cl.O=C(COc1ccccc1C(=O)NC1CC2CCC(C1)N2)Nc1ccccc1F.